The van der Waals surface area contributed by atoms with Crippen LogP contribution in [0.25, 0.3) is 11.1 Å². The molecule has 0 bridgehead atoms. The first-order chi connectivity index (χ1) is 22.4. The van der Waals surface area contributed by atoms with Crippen LogP contribution in [-0.2, 0) is 47.1 Å². The number of amides is 1. The fraction of sp³-hybridized carbons (Fsp3) is 0.387. The van der Waals surface area contributed by atoms with Gasteiger partial charge in [-0.25, -0.2) is 13.6 Å². The van der Waals surface area contributed by atoms with Crippen molar-refractivity contribution in [2.45, 2.75) is 51.0 Å². The average Bonchev–Trinajstić information content (AvgIpc) is 3.49. The van der Waals surface area contributed by atoms with Gasteiger partial charge in [0.25, 0.3) is 11.5 Å². The minimum absolute atomic E-state index is 0.0646. The molecule has 2 N–H and O–H groups in total. The number of carboxylic acids is 1. The average molecular weight is 690 g/mol. The third kappa shape index (κ3) is 6.60. The molecule has 0 aliphatic carbocycles. The second kappa shape index (κ2) is 12.8. The predicted molar refractivity (Wildman–Crippen MR) is 152 cm³/mol. The van der Waals surface area contributed by atoms with Crippen LogP contribution in [0.1, 0.15) is 38.3 Å². The van der Waals surface area contributed by atoms with Gasteiger partial charge in [-0.1, -0.05) is 12.1 Å². The Balaban J connectivity index is 1.45. The van der Waals surface area contributed by atoms with E-state index in [-0.39, 0.29) is 54.3 Å². The van der Waals surface area contributed by atoms with E-state index >= 15 is 8.78 Å². The quantitative estimate of drug-likeness (QED) is 0.341. The molecular weight excluding hydrogens is 662 g/mol. The van der Waals surface area contributed by atoms with E-state index in [1.165, 1.54) is 26.1 Å². The number of aryl methyl sites for hydroxylation is 1. The van der Waals surface area contributed by atoms with Crippen molar-refractivity contribution in [3.05, 3.63) is 85.8 Å². The van der Waals surface area contributed by atoms with Crippen LogP contribution in [0.15, 0.2) is 35.1 Å². The van der Waals surface area contributed by atoms with Crippen LogP contribution >= 0.6 is 0 Å². The number of alkyl halides is 6. The smallest absolute Gasteiger partial charge is 0.417 e. The third-order valence-electron chi connectivity index (χ3n) is 8.39. The van der Waals surface area contributed by atoms with Crippen molar-refractivity contribution < 1.29 is 59.3 Å². The Labute approximate surface area is 266 Å². The van der Waals surface area contributed by atoms with Gasteiger partial charge in [0.2, 0.25) is 0 Å². The van der Waals surface area contributed by atoms with Crippen LogP contribution in [0.3, 0.4) is 0 Å². The molecule has 0 radical (unpaired) electrons. The maximum absolute atomic E-state index is 15.1. The van der Waals surface area contributed by atoms with E-state index < -0.39 is 88.9 Å². The number of pyridine rings is 1. The molecular formula is C31H27F8N3O6. The van der Waals surface area contributed by atoms with E-state index in [1.807, 2.05) is 5.32 Å². The Morgan fingerprint density at radius 3 is 2.27 bits per heavy atom. The van der Waals surface area contributed by atoms with E-state index in [0.717, 1.165) is 10.6 Å². The van der Waals surface area contributed by atoms with E-state index in [0.29, 0.717) is 17.0 Å². The van der Waals surface area contributed by atoms with Gasteiger partial charge in [-0.05, 0) is 47.4 Å². The number of nitrogens with zero attached hydrogens (tertiary/aromatic N) is 2. The van der Waals surface area contributed by atoms with E-state index in [2.05, 4.69) is 0 Å². The summed E-state index contributed by atoms with van der Waals surface area (Å²) in [4.78, 5) is 38.9. The van der Waals surface area contributed by atoms with Gasteiger partial charge in [-0.3, -0.25) is 9.59 Å². The predicted octanol–water partition coefficient (Wildman–Crippen LogP) is 4.88. The second-order valence-corrected chi connectivity index (χ2v) is 11.3. The molecule has 1 saturated heterocycles. The van der Waals surface area contributed by atoms with Gasteiger partial charge in [-0.2, -0.15) is 26.3 Å². The summed E-state index contributed by atoms with van der Waals surface area (Å²) in [5.41, 5.74) is -3.79. The molecule has 2 aliphatic heterocycles. The first-order valence-corrected chi connectivity index (χ1v) is 14.3. The molecule has 5 rings (SSSR count). The Kier molecular flexibility index (Phi) is 9.31. The van der Waals surface area contributed by atoms with Crippen LogP contribution in [0.4, 0.5) is 40.8 Å². The third-order valence-corrected chi connectivity index (χ3v) is 8.39. The number of anilines is 1. The number of hydrogen-bond donors (Lipinski definition) is 2. The molecule has 1 unspecified atom stereocenters. The van der Waals surface area contributed by atoms with Crippen molar-refractivity contribution in [2.24, 2.45) is 7.05 Å². The van der Waals surface area contributed by atoms with Crippen molar-refractivity contribution >= 4 is 17.6 Å². The number of hydrogen-bond acceptors (Lipinski definition) is 6. The summed E-state index contributed by atoms with van der Waals surface area (Å²) in [5, 5.41) is 11.9. The first kappa shape index (κ1) is 34.8. The molecule has 17 heteroatoms. The number of halogens is 8. The summed E-state index contributed by atoms with van der Waals surface area (Å²) < 4.78 is 124. The molecule has 2 aliphatic rings. The highest BCUT2D eigenvalue weighted by Crippen LogP contribution is 2.40. The molecule has 1 fully saturated rings. The van der Waals surface area contributed by atoms with Crippen LogP contribution in [0, 0.1) is 18.6 Å². The minimum atomic E-state index is -4.89. The number of aliphatic carboxylic acids is 1. The summed E-state index contributed by atoms with van der Waals surface area (Å²) in [7, 11) is 1.31. The maximum atomic E-state index is 15.1. The number of fused-ring (bicyclic) bond motifs is 1. The number of carboxylic acid groups (broad SMARTS) is 1. The zero-order valence-corrected chi connectivity index (χ0v) is 25.2. The highest BCUT2D eigenvalue weighted by atomic mass is 19.4. The zero-order chi connectivity index (χ0) is 35.3. The SMILES string of the molecule is Cc1cc(C(F)(F)F)c(-c2ccc(CC(NC(=O)c3c(F)cc(N4CCOC[C@@H]4C(F)(F)F)cc3F)C(=O)O)c3c2COC3)c(=O)n1C. The molecule has 2 aromatic carbocycles. The number of ether oxygens (including phenoxy) is 2. The number of morpholine rings is 1. The minimum Gasteiger partial charge on any atom is -0.480 e. The number of rotatable bonds is 7. The number of aromatic nitrogens is 1. The second-order valence-electron chi connectivity index (χ2n) is 11.3. The van der Waals surface area contributed by atoms with Crippen LogP contribution in [0.5, 0.6) is 0 Å². The van der Waals surface area contributed by atoms with Gasteiger partial charge < -0.3 is 29.4 Å². The largest absolute Gasteiger partial charge is 0.480 e. The Morgan fingerprint density at radius 1 is 1.02 bits per heavy atom. The summed E-state index contributed by atoms with van der Waals surface area (Å²) in [6.07, 6.45) is -10.2. The molecule has 0 saturated carbocycles. The number of carbonyl (C=O) groups is 2. The lowest BCUT2D eigenvalue weighted by Gasteiger charge is -2.38. The number of nitrogens with one attached hydrogen (secondary N) is 1. The summed E-state index contributed by atoms with van der Waals surface area (Å²) >= 11 is 0. The zero-order valence-electron chi connectivity index (χ0n) is 25.2. The Hall–Kier alpha value is -4.51. The molecule has 1 amide bonds. The molecule has 3 aromatic rings. The highest BCUT2D eigenvalue weighted by molar-refractivity contribution is 5.97. The summed E-state index contributed by atoms with van der Waals surface area (Å²) in [6, 6.07) is 0.369. The molecule has 9 nitrogen and oxygen atoms in total. The van der Waals surface area contributed by atoms with Gasteiger partial charge in [0, 0.05) is 31.4 Å². The van der Waals surface area contributed by atoms with E-state index in [1.54, 1.807) is 0 Å². The van der Waals surface area contributed by atoms with E-state index in [9.17, 15) is 45.8 Å². The van der Waals surface area contributed by atoms with E-state index in [4.69, 9.17) is 9.47 Å². The van der Waals surface area contributed by atoms with Gasteiger partial charge in [-0.15, -0.1) is 0 Å². The van der Waals surface area contributed by atoms with Crippen molar-refractivity contribution in [2.75, 3.05) is 24.7 Å². The summed E-state index contributed by atoms with van der Waals surface area (Å²) in [5.74, 6) is -6.23. The number of carbonyl (C=O) groups excluding carboxylic acids is 1. The Morgan fingerprint density at radius 2 is 1.67 bits per heavy atom. The van der Waals surface area contributed by atoms with Crippen LogP contribution in [0.2, 0.25) is 0 Å². The number of benzene rings is 2. The first-order valence-electron chi connectivity index (χ1n) is 14.3. The van der Waals surface area contributed by atoms with Gasteiger partial charge in [0.05, 0.1) is 37.6 Å². The highest BCUT2D eigenvalue weighted by Gasteiger charge is 2.46. The topological polar surface area (TPSA) is 110 Å². The monoisotopic (exact) mass is 689 g/mol. The van der Waals surface area contributed by atoms with Crippen molar-refractivity contribution in [3.8, 4) is 11.1 Å². The van der Waals surface area contributed by atoms with Crippen LogP contribution in [-0.4, -0.2) is 59.6 Å². The summed E-state index contributed by atoms with van der Waals surface area (Å²) in [6.45, 7) is -0.319. The van der Waals surface area contributed by atoms with Gasteiger partial charge >= 0.3 is 18.3 Å². The lowest BCUT2D eigenvalue weighted by Crippen LogP contribution is -2.53. The standard InChI is InChI=1S/C31H27F8N3O6/c1-14-7-20(30(34,35)36)25(28(44)41(14)2)17-4-3-15(18-11-48-12-19(17)18)8-23(29(45)46)40-27(43)26-21(32)9-16(10-22(26)33)42-5-6-47-13-24(42)31(37,38)39/h3-4,7,9-10,23-24H,5-6,8,11-13H2,1-2H3,(H,40,43)(H,45,46)/t23?,24-/m1/s1. The van der Waals surface area contributed by atoms with Crippen molar-refractivity contribution in [1.29, 1.82) is 0 Å². The van der Waals surface area contributed by atoms with Gasteiger partial charge in [0.15, 0.2) is 0 Å². The van der Waals surface area contributed by atoms with Crippen LogP contribution < -0.4 is 15.8 Å². The normalized spacial score (nSPS) is 17.3. The molecule has 3 heterocycles. The lowest BCUT2D eigenvalue weighted by molar-refractivity contribution is -0.167. The van der Waals surface area contributed by atoms with Gasteiger partial charge in [0.1, 0.15) is 29.3 Å². The lowest BCUT2D eigenvalue weighted by atomic mass is 9.89. The molecule has 1 aromatic heterocycles. The van der Waals surface area contributed by atoms with Crippen molar-refractivity contribution in [1.82, 2.24) is 9.88 Å². The van der Waals surface area contributed by atoms with Crippen molar-refractivity contribution in [3.63, 3.8) is 0 Å². The maximum Gasteiger partial charge on any atom is 0.417 e. The molecule has 48 heavy (non-hydrogen) atoms. The molecule has 258 valence electrons. The fourth-order valence-corrected chi connectivity index (χ4v) is 5.85. The Bertz CT molecular complexity index is 1820. The fourth-order valence-electron chi connectivity index (χ4n) is 5.85. The molecule has 0 spiro atoms. The molecule has 2 atom stereocenters.